The quantitative estimate of drug-likeness (QED) is 0.623. The first-order valence-electron chi connectivity index (χ1n) is 5.89. The Labute approximate surface area is 128 Å². The molecule has 1 nitrogen and oxygen atoms in total. The van der Waals surface area contributed by atoms with Gasteiger partial charge in [0.2, 0.25) is 0 Å². The van der Waals surface area contributed by atoms with E-state index in [1.54, 1.807) is 24.3 Å². The minimum atomic E-state index is 0.305. The highest BCUT2D eigenvalue weighted by Gasteiger charge is 2.11. The van der Waals surface area contributed by atoms with Crippen molar-refractivity contribution in [1.29, 1.82) is 0 Å². The van der Waals surface area contributed by atoms with Crippen molar-refractivity contribution < 1.29 is 4.74 Å². The van der Waals surface area contributed by atoms with Crippen LogP contribution < -0.4 is 4.74 Å². The molecule has 0 radical (unpaired) electrons. The van der Waals surface area contributed by atoms with Gasteiger partial charge in [-0.2, -0.15) is 0 Å². The monoisotopic (exact) mass is 314 g/mol. The molecule has 0 atom stereocenters. The summed E-state index contributed by atoms with van der Waals surface area (Å²) in [7, 11) is 0. The summed E-state index contributed by atoms with van der Waals surface area (Å²) in [6, 6.07) is 10.7. The first kappa shape index (κ1) is 14.5. The van der Waals surface area contributed by atoms with E-state index >= 15 is 0 Å². The van der Waals surface area contributed by atoms with E-state index in [4.69, 9.17) is 39.5 Å². The van der Waals surface area contributed by atoms with Crippen molar-refractivity contribution in [2.24, 2.45) is 0 Å². The molecule has 0 saturated heterocycles. The highest BCUT2D eigenvalue weighted by Crippen LogP contribution is 2.36. The molecule has 2 rings (SSSR count). The molecule has 19 heavy (non-hydrogen) atoms. The Morgan fingerprint density at radius 1 is 0.842 bits per heavy atom. The van der Waals surface area contributed by atoms with E-state index in [0.717, 1.165) is 11.3 Å². The van der Waals surface area contributed by atoms with Crippen LogP contribution >= 0.6 is 34.8 Å². The molecule has 0 bridgehead atoms. The van der Waals surface area contributed by atoms with Crippen molar-refractivity contribution >= 4 is 34.8 Å². The molecular weight excluding hydrogens is 303 g/mol. The number of rotatable bonds is 3. The van der Waals surface area contributed by atoms with Gasteiger partial charge < -0.3 is 4.74 Å². The van der Waals surface area contributed by atoms with Crippen LogP contribution in [0.2, 0.25) is 15.1 Å². The van der Waals surface area contributed by atoms with Gasteiger partial charge in [-0.05, 0) is 47.9 Å². The molecule has 2 aromatic rings. The van der Waals surface area contributed by atoms with Crippen molar-refractivity contribution in [3.8, 4) is 11.5 Å². The Morgan fingerprint density at radius 2 is 1.42 bits per heavy atom. The zero-order valence-corrected chi connectivity index (χ0v) is 12.9. The molecular formula is C15H13Cl3O. The van der Waals surface area contributed by atoms with Crippen LogP contribution in [-0.4, -0.2) is 0 Å². The fraction of sp³-hybridized carbons (Fsp3) is 0.200. The third-order valence-corrected chi connectivity index (χ3v) is 3.47. The Kier molecular flexibility index (Phi) is 4.62. The van der Waals surface area contributed by atoms with Gasteiger partial charge in [-0.3, -0.25) is 0 Å². The van der Waals surface area contributed by atoms with E-state index in [9.17, 15) is 0 Å². The summed E-state index contributed by atoms with van der Waals surface area (Å²) in [5.74, 6) is 1.64. The lowest BCUT2D eigenvalue weighted by Gasteiger charge is -2.15. The zero-order chi connectivity index (χ0) is 14.0. The van der Waals surface area contributed by atoms with Gasteiger partial charge in [-0.1, -0.05) is 48.7 Å². The Balaban J connectivity index is 2.38. The molecule has 0 aliphatic heterocycles. The number of benzene rings is 2. The second-order valence-electron chi connectivity index (χ2n) is 4.51. The molecule has 0 aliphatic carbocycles. The summed E-state index contributed by atoms with van der Waals surface area (Å²) in [4.78, 5) is 0. The van der Waals surface area contributed by atoms with Crippen LogP contribution in [0, 0.1) is 0 Å². The molecule has 4 heteroatoms. The van der Waals surface area contributed by atoms with Crippen molar-refractivity contribution in [1.82, 2.24) is 0 Å². The van der Waals surface area contributed by atoms with E-state index in [0.29, 0.717) is 26.7 Å². The van der Waals surface area contributed by atoms with E-state index in [1.807, 2.05) is 12.1 Å². The lowest BCUT2D eigenvalue weighted by molar-refractivity contribution is 0.473. The highest BCUT2D eigenvalue weighted by molar-refractivity contribution is 6.35. The maximum atomic E-state index is 6.11. The Bertz CT molecular complexity index is 594. The minimum absolute atomic E-state index is 0.305. The van der Waals surface area contributed by atoms with Gasteiger partial charge in [0.05, 0.1) is 5.02 Å². The first-order valence-corrected chi connectivity index (χ1v) is 7.03. The maximum absolute atomic E-state index is 6.11. The molecule has 0 heterocycles. The summed E-state index contributed by atoms with van der Waals surface area (Å²) >= 11 is 18.0. The second-order valence-corrected chi connectivity index (χ2v) is 5.79. The van der Waals surface area contributed by atoms with Crippen molar-refractivity contribution in [3.63, 3.8) is 0 Å². The lowest BCUT2D eigenvalue weighted by Crippen LogP contribution is -1.94. The van der Waals surface area contributed by atoms with Crippen LogP contribution in [0.1, 0.15) is 25.3 Å². The molecule has 2 aromatic carbocycles. The third-order valence-electron chi connectivity index (χ3n) is 2.71. The number of halogens is 3. The number of ether oxygens (including phenoxy) is 1. The van der Waals surface area contributed by atoms with Crippen LogP contribution in [0.5, 0.6) is 11.5 Å². The molecule has 0 fully saturated rings. The molecule has 0 N–H and O–H groups in total. The first-order chi connectivity index (χ1) is 8.97. The summed E-state index contributed by atoms with van der Waals surface area (Å²) in [6.07, 6.45) is 0. The molecule has 0 amide bonds. The fourth-order valence-electron chi connectivity index (χ4n) is 1.74. The van der Waals surface area contributed by atoms with Gasteiger partial charge in [-0.25, -0.2) is 0 Å². The van der Waals surface area contributed by atoms with Crippen LogP contribution in [0.3, 0.4) is 0 Å². The molecule has 0 aliphatic rings. The molecule has 0 saturated carbocycles. The van der Waals surface area contributed by atoms with Crippen molar-refractivity contribution in [2.75, 3.05) is 0 Å². The smallest absolute Gasteiger partial charge is 0.146 e. The largest absolute Gasteiger partial charge is 0.456 e. The predicted octanol–water partition coefficient (Wildman–Crippen LogP) is 6.56. The average molecular weight is 316 g/mol. The zero-order valence-electron chi connectivity index (χ0n) is 10.6. The summed E-state index contributed by atoms with van der Waals surface area (Å²) < 4.78 is 5.86. The van der Waals surface area contributed by atoms with Crippen LogP contribution in [-0.2, 0) is 0 Å². The lowest BCUT2D eigenvalue weighted by atomic mass is 10.0. The number of hydrogen-bond acceptors (Lipinski definition) is 1. The topological polar surface area (TPSA) is 9.23 Å². The van der Waals surface area contributed by atoms with E-state index in [-0.39, 0.29) is 0 Å². The van der Waals surface area contributed by atoms with E-state index in [2.05, 4.69) is 13.8 Å². The minimum Gasteiger partial charge on any atom is -0.456 e. The second kappa shape index (κ2) is 6.04. The SMILES string of the molecule is CC(C)c1cc(Cl)ccc1Oc1ccc(Cl)cc1Cl. The van der Waals surface area contributed by atoms with Gasteiger partial charge in [0.15, 0.2) is 0 Å². The van der Waals surface area contributed by atoms with Crippen LogP contribution in [0.25, 0.3) is 0 Å². The normalized spacial score (nSPS) is 10.8. The van der Waals surface area contributed by atoms with Gasteiger partial charge >= 0.3 is 0 Å². The van der Waals surface area contributed by atoms with Crippen molar-refractivity contribution in [2.45, 2.75) is 19.8 Å². The van der Waals surface area contributed by atoms with E-state index in [1.165, 1.54) is 0 Å². The third kappa shape index (κ3) is 3.56. The predicted molar refractivity (Wildman–Crippen MR) is 82.1 cm³/mol. The molecule has 0 spiro atoms. The van der Waals surface area contributed by atoms with Gasteiger partial charge in [0, 0.05) is 10.0 Å². The standard InChI is InChI=1S/C15H13Cl3O/c1-9(2)12-7-10(16)3-5-14(12)19-15-6-4-11(17)8-13(15)18/h3-9H,1-2H3. The van der Waals surface area contributed by atoms with E-state index < -0.39 is 0 Å². The van der Waals surface area contributed by atoms with Crippen LogP contribution in [0.15, 0.2) is 36.4 Å². The molecule has 0 unspecified atom stereocenters. The summed E-state index contributed by atoms with van der Waals surface area (Å²) in [5.41, 5.74) is 1.04. The van der Waals surface area contributed by atoms with Gasteiger partial charge in [0.1, 0.15) is 11.5 Å². The Morgan fingerprint density at radius 3 is 2.00 bits per heavy atom. The Hall–Kier alpha value is -0.890. The highest BCUT2D eigenvalue weighted by atomic mass is 35.5. The summed E-state index contributed by atoms with van der Waals surface area (Å²) in [6.45, 7) is 4.17. The molecule has 0 aromatic heterocycles. The van der Waals surface area contributed by atoms with Crippen molar-refractivity contribution in [3.05, 3.63) is 57.0 Å². The summed E-state index contributed by atoms with van der Waals surface area (Å²) in [5, 5.41) is 1.76. The maximum Gasteiger partial charge on any atom is 0.146 e. The van der Waals surface area contributed by atoms with Gasteiger partial charge in [-0.15, -0.1) is 0 Å². The molecule has 100 valence electrons. The fourth-order valence-corrected chi connectivity index (χ4v) is 2.37. The van der Waals surface area contributed by atoms with Crippen LogP contribution in [0.4, 0.5) is 0 Å². The average Bonchev–Trinajstić information content (AvgIpc) is 2.34. The van der Waals surface area contributed by atoms with Gasteiger partial charge in [0.25, 0.3) is 0 Å². The number of hydrogen-bond donors (Lipinski definition) is 0.